The van der Waals surface area contributed by atoms with Crippen molar-refractivity contribution in [2.45, 2.75) is 0 Å². The van der Waals surface area contributed by atoms with E-state index in [0.717, 1.165) is 0 Å². The first-order valence-corrected chi connectivity index (χ1v) is 4.66. The number of pyridine rings is 1. The molecular formula is C9H5ClN4O. The van der Waals surface area contributed by atoms with E-state index in [4.69, 9.17) is 11.6 Å². The fraction of sp³-hybridized carbons (Fsp3) is 0. The summed E-state index contributed by atoms with van der Waals surface area (Å²) in [5.74, 6) is 0. The van der Waals surface area contributed by atoms with Gasteiger partial charge >= 0.3 is 0 Å². The topological polar surface area (TPSA) is 63.1 Å². The summed E-state index contributed by atoms with van der Waals surface area (Å²) in [6.45, 7) is 0. The summed E-state index contributed by atoms with van der Waals surface area (Å²) >= 11 is 5.78. The summed E-state index contributed by atoms with van der Waals surface area (Å²) in [7, 11) is 0. The van der Waals surface area contributed by atoms with Crippen LogP contribution in [0.3, 0.4) is 0 Å². The minimum atomic E-state index is -0.189. The number of hydrogen-bond acceptors (Lipinski definition) is 3. The van der Waals surface area contributed by atoms with Gasteiger partial charge in [0.1, 0.15) is 16.2 Å². The molecule has 3 aromatic heterocycles. The van der Waals surface area contributed by atoms with Crippen LogP contribution in [-0.4, -0.2) is 19.6 Å². The van der Waals surface area contributed by atoms with Crippen LogP contribution in [0.15, 0.2) is 29.2 Å². The van der Waals surface area contributed by atoms with Crippen molar-refractivity contribution in [3.05, 3.63) is 39.9 Å². The second kappa shape index (κ2) is 2.80. The molecule has 0 aliphatic heterocycles. The largest absolute Gasteiger partial charge is 0.305 e. The van der Waals surface area contributed by atoms with Gasteiger partial charge in [-0.1, -0.05) is 11.6 Å². The Kier molecular flexibility index (Phi) is 1.58. The summed E-state index contributed by atoms with van der Waals surface area (Å²) in [6.07, 6.45) is 1.59. The van der Waals surface area contributed by atoms with Crippen molar-refractivity contribution in [3.8, 4) is 0 Å². The van der Waals surface area contributed by atoms with Crippen LogP contribution < -0.4 is 5.56 Å². The molecular weight excluding hydrogens is 216 g/mol. The molecule has 15 heavy (non-hydrogen) atoms. The SMILES string of the molecule is O=c1ccn2nc3ccc(Cl)nc3c2[nH]1. The Morgan fingerprint density at radius 3 is 3.07 bits per heavy atom. The monoisotopic (exact) mass is 220 g/mol. The number of nitrogens with one attached hydrogen (secondary N) is 1. The van der Waals surface area contributed by atoms with E-state index in [1.807, 2.05) is 0 Å². The lowest BCUT2D eigenvalue weighted by Crippen LogP contribution is -2.05. The molecule has 3 heterocycles. The van der Waals surface area contributed by atoms with Crippen LogP contribution in [0.25, 0.3) is 16.7 Å². The number of fused-ring (bicyclic) bond motifs is 3. The van der Waals surface area contributed by atoms with E-state index in [2.05, 4.69) is 15.1 Å². The molecule has 0 aromatic carbocycles. The lowest BCUT2D eigenvalue weighted by atomic mass is 10.4. The van der Waals surface area contributed by atoms with E-state index in [1.54, 1.807) is 22.8 Å². The highest BCUT2D eigenvalue weighted by Crippen LogP contribution is 2.16. The molecule has 0 spiro atoms. The Bertz CT molecular complexity index is 715. The predicted molar refractivity (Wildman–Crippen MR) is 56.1 cm³/mol. The summed E-state index contributed by atoms with van der Waals surface area (Å²) in [5, 5.41) is 4.60. The molecule has 1 N–H and O–H groups in total. The van der Waals surface area contributed by atoms with Crippen molar-refractivity contribution >= 4 is 28.3 Å². The number of H-pyrrole nitrogens is 1. The fourth-order valence-corrected chi connectivity index (χ4v) is 1.63. The number of halogens is 1. The average Bonchev–Trinajstić information content (AvgIpc) is 2.56. The first-order valence-electron chi connectivity index (χ1n) is 4.28. The maximum absolute atomic E-state index is 11.2. The maximum atomic E-state index is 11.2. The summed E-state index contributed by atoms with van der Waals surface area (Å²) < 4.78 is 1.56. The normalized spacial score (nSPS) is 11.3. The van der Waals surface area contributed by atoms with Crippen LogP contribution in [-0.2, 0) is 0 Å². The first kappa shape index (κ1) is 8.43. The second-order valence-electron chi connectivity index (χ2n) is 3.10. The van der Waals surface area contributed by atoms with Gasteiger partial charge in [-0.2, -0.15) is 5.10 Å². The van der Waals surface area contributed by atoms with Crippen molar-refractivity contribution < 1.29 is 0 Å². The van der Waals surface area contributed by atoms with Gasteiger partial charge in [0.15, 0.2) is 5.65 Å². The van der Waals surface area contributed by atoms with Crippen molar-refractivity contribution in [2.24, 2.45) is 0 Å². The van der Waals surface area contributed by atoms with Crippen LogP contribution in [0.4, 0.5) is 0 Å². The van der Waals surface area contributed by atoms with E-state index in [1.165, 1.54) is 6.07 Å². The third kappa shape index (κ3) is 1.20. The molecule has 0 amide bonds. The zero-order chi connectivity index (χ0) is 10.4. The molecule has 0 fully saturated rings. The van der Waals surface area contributed by atoms with Crippen LogP contribution in [0, 0.1) is 0 Å². The summed E-state index contributed by atoms with van der Waals surface area (Å²) in [4.78, 5) is 17.9. The second-order valence-corrected chi connectivity index (χ2v) is 3.49. The minimum Gasteiger partial charge on any atom is -0.305 e. The molecule has 3 rings (SSSR count). The lowest BCUT2D eigenvalue weighted by Gasteiger charge is -1.90. The van der Waals surface area contributed by atoms with Gasteiger partial charge in [-0.15, -0.1) is 0 Å². The summed E-state index contributed by atoms with van der Waals surface area (Å²) in [6, 6.07) is 4.82. The van der Waals surface area contributed by atoms with Gasteiger partial charge in [0, 0.05) is 12.3 Å². The van der Waals surface area contributed by atoms with Gasteiger partial charge < -0.3 is 4.98 Å². The van der Waals surface area contributed by atoms with E-state index in [0.29, 0.717) is 21.8 Å². The number of nitrogens with zero attached hydrogens (tertiary/aromatic N) is 3. The van der Waals surface area contributed by atoms with Crippen LogP contribution >= 0.6 is 11.6 Å². The Morgan fingerprint density at radius 1 is 1.33 bits per heavy atom. The van der Waals surface area contributed by atoms with E-state index < -0.39 is 0 Å². The Labute approximate surface area is 88.3 Å². The molecule has 0 atom stereocenters. The molecule has 0 saturated heterocycles. The number of aromatic amines is 1. The Morgan fingerprint density at radius 2 is 2.20 bits per heavy atom. The molecule has 74 valence electrons. The van der Waals surface area contributed by atoms with E-state index in [9.17, 15) is 4.79 Å². The average molecular weight is 221 g/mol. The van der Waals surface area contributed by atoms with Crippen LogP contribution in [0.2, 0.25) is 5.15 Å². The van der Waals surface area contributed by atoms with E-state index in [-0.39, 0.29) is 5.56 Å². The highest BCUT2D eigenvalue weighted by molar-refractivity contribution is 6.29. The molecule has 0 radical (unpaired) electrons. The fourth-order valence-electron chi connectivity index (χ4n) is 1.48. The molecule has 0 unspecified atom stereocenters. The zero-order valence-corrected chi connectivity index (χ0v) is 8.19. The quantitative estimate of drug-likeness (QED) is 0.580. The van der Waals surface area contributed by atoms with Crippen molar-refractivity contribution in [3.63, 3.8) is 0 Å². The van der Waals surface area contributed by atoms with Crippen molar-refractivity contribution in [1.82, 2.24) is 19.6 Å². The third-order valence-corrected chi connectivity index (χ3v) is 2.33. The summed E-state index contributed by atoms with van der Waals surface area (Å²) in [5.41, 5.74) is 1.66. The molecule has 0 aliphatic rings. The molecule has 0 aliphatic carbocycles. The smallest absolute Gasteiger partial charge is 0.251 e. The standard InChI is InChI=1S/C9H5ClN4O/c10-6-2-1-5-8(11-6)9-12-7(15)3-4-14(9)13-5/h1-4H,(H,12,15). The highest BCUT2D eigenvalue weighted by atomic mass is 35.5. The van der Waals surface area contributed by atoms with Gasteiger partial charge in [-0.05, 0) is 12.1 Å². The number of hydrogen-bond donors (Lipinski definition) is 1. The zero-order valence-electron chi connectivity index (χ0n) is 7.44. The minimum absolute atomic E-state index is 0.189. The van der Waals surface area contributed by atoms with Gasteiger partial charge in [-0.3, -0.25) is 4.79 Å². The van der Waals surface area contributed by atoms with E-state index >= 15 is 0 Å². The molecule has 0 bridgehead atoms. The number of rotatable bonds is 0. The highest BCUT2D eigenvalue weighted by Gasteiger charge is 2.06. The van der Waals surface area contributed by atoms with Crippen LogP contribution in [0.5, 0.6) is 0 Å². The third-order valence-electron chi connectivity index (χ3n) is 2.12. The molecule has 0 saturated carbocycles. The molecule has 5 nitrogen and oxygen atoms in total. The number of aromatic nitrogens is 4. The van der Waals surface area contributed by atoms with Crippen molar-refractivity contribution in [1.29, 1.82) is 0 Å². The van der Waals surface area contributed by atoms with Gasteiger partial charge in [0.25, 0.3) is 5.56 Å². The lowest BCUT2D eigenvalue weighted by molar-refractivity contribution is 0.947. The molecule has 3 aromatic rings. The van der Waals surface area contributed by atoms with Gasteiger partial charge in [-0.25, -0.2) is 9.50 Å². The van der Waals surface area contributed by atoms with Crippen molar-refractivity contribution in [2.75, 3.05) is 0 Å². The first-order chi connectivity index (χ1) is 7.24. The van der Waals surface area contributed by atoms with Gasteiger partial charge in [0.2, 0.25) is 0 Å². The van der Waals surface area contributed by atoms with Gasteiger partial charge in [0.05, 0.1) is 0 Å². The molecule has 6 heteroatoms. The Balaban J connectivity index is 2.60. The van der Waals surface area contributed by atoms with Crippen LogP contribution in [0.1, 0.15) is 0 Å². The predicted octanol–water partition coefficient (Wildman–Crippen LogP) is 1.22. The Hall–Kier alpha value is -1.88. The maximum Gasteiger partial charge on any atom is 0.251 e.